The molecule has 0 bridgehead atoms. The van der Waals surface area contributed by atoms with E-state index in [0.29, 0.717) is 0 Å². The topological polar surface area (TPSA) is 0 Å². The molecule has 0 aliphatic heterocycles. The lowest BCUT2D eigenvalue weighted by Gasteiger charge is -1.10. The fraction of sp³-hybridized carbons (Fsp3) is 0.786. The van der Waals surface area contributed by atoms with Crippen molar-refractivity contribution >= 4 is 0 Å². The van der Waals surface area contributed by atoms with E-state index in [2.05, 4.69) is 0 Å². The minimum absolute atomic E-state index is 0. The molecule has 264 valence electrons. The highest BCUT2D eigenvalue weighted by molar-refractivity contribution is 4.52. The second-order valence-electron chi connectivity index (χ2n) is 0.289. The normalized spacial score (nSPS) is 7.21. The van der Waals surface area contributed by atoms with Crippen molar-refractivity contribution in [3.05, 3.63) is 37.6 Å². The van der Waals surface area contributed by atoms with Crippen LogP contribution in [0.3, 0.4) is 0 Å². The summed E-state index contributed by atoms with van der Waals surface area (Å²) in [5.41, 5.74) is 4.00. The molecule has 0 heteroatoms. The van der Waals surface area contributed by atoms with E-state index >= 15 is 0 Å². The van der Waals surface area contributed by atoms with Gasteiger partial charge in [-0.3, -0.25) is 0 Å². The van der Waals surface area contributed by atoms with E-state index in [1.165, 1.54) is 14.8 Å². The van der Waals surface area contributed by atoms with Crippen LogP contribution in [0, 0.1) is 0 Å². The Morgan fingerprint density at radius 3 is 0.571 bits per heavy atom. The van der Waals surface area contributed by atoms with Crippen molar-refractivity contribution in [2.75, 3.05) is 0 Å². The fourth-order valence-corrected chi connectivity index (χ4v) is 0. The minimum atomic E-state index is -0.454. The average Bonchev–Trinajstić information content (AvgIpc) is 3.00. The van der Waals surface area contributed by atoms with Gasteiger partial charge in [0.05, 0.1) is 8.22 Å². The van der Waals surface area contributed by atoms with Gasteiger partial charge in [-0.05, 0) is 0 Å². The first-order valence-corrected chi connectivity index (χ1v) is 1.08. The molecule has 28 heavy (non-hydrogen) atoms. The van der Waals surface area contributed by atoms with E-state index in [9.17, 15) is 0 Å². The van der Waals surface area contributed by atoms with Gasteiger partial charge in [0.15, 0.2) is 0 Å². The third-order valence-electron chi connectivity index (χ3n) is 0. The van der Waals surface area contributed by atoms with Gasteiger partial charge in [0.25, 0.3) is 0 Å². The van der Waals surface area contributed by atoms with E-state index in [0.717, 1.165) is 13.1 Å². The summed E-state index contributed by atoms with van der Waals surface area (Å²) in [6.45, 7) is 0.667. The molecule has 0 aromatic heterocycles. The molecule has 0 spiro atoms. The van der Waals surface area contributed by atoms with Crippen molar-refractivity contribution in [1.82, 2.24) is 0 Å². The molecule has 0 saturated carbocycles. The van der Waals surface area contributed by atoms with Gasteiger partial charge >= 0.3 is 0 Å². The van der Waals surface area contributed by atoms with Crippen LogP contribution < -0.4 is 0 Å². The monoisotopic (exact) mass is 586 g/mol. The van der Waals surface area contributed by atoms with Crippen molar-refractivity contribution in [3.63, 3.8) is 0 Å². The van der Waals surface area contributed by atoms with Crippen LogP contribution >= 0.6 is 0 Å². The molecular formula is C28H152. The van der Waals surface area contributed by atoms with Crippen molar-refractivity contribution in [2.24, 2.45) is 0 Å². The predicted molar refractivity (Wildman–Crippen MR) is 237 cm³/mol. The summed E-state index contributed by atoms with van der Waals surface area (Å²) in [7, 11) is 2.00. The molecule has 0 fully saturated rings. The van der Waals surface area contributed by atoms with Crippen molar-refractivity contribution < 1.29 is 68.7 Å². The minimum Gasteiger partial charge on any atom is -0.137 e. The SMILES string of the molecule is C.C.C.C.C.C.C.C.C.C.C.C.C.C.C.C.C.C.[3HH].[3HH].[3HH].[3HH].[3HH].[3HH].[3HH].[3HH].[3HH].[3HH].[3HH].[3HH].[3HH].[3HH].[3HH].[3HH].[3HH].[3HH].[3HH].[3HH].[3H]C.[3H]C.[3H]C=C=C([3H])[3H].[3H]C=C=C([3H])[3H].[3H]C[3H].[3H]C[3H].[3H][3H].[3H][3H].[3H][3H].[3H][3H].[3H][3H].[3H][3H].[3H][3H].[3H][3H]. The van der Waals surface area contributed by atoms with E-state index in [1.807, 2.05) is 11.5 Å². The standard InChI is InChI=1S/2C3H4.22CH4.28H2/c2*1-3-2;;;;;;;;;;;;;;;;;;;;;;;;;;;;;;;;;;;;;;;;;;;;;;;;;;/h2*1-2H2;22*1H4;28*1H/i2*1T,2T2;2*1T2;2*1T;;;;;;;;;;;;;;;;;;;8*1+2T;20*1+2. The lowest BCUT2D eigenvalue weighted by Crippen LogP contribution is -0.844. The number of rotatable bonds is 0. The highest BCUT2D eigenvalue weighted by Crippen LogP contribution is 1.16. The summed E-state index contributed by atoms with van der Waals surface area (Å²) < 4.78 is 153. The van der Waals surface area contributed by atoms with Gasteiger partial charge in [-0.2, -0.15) is 0 Å². The third-order valence-corrected chi connectivity index (χ3v) is 0. The molecule has 0 aromatic rings. The number of hydrogen-bond acceptors (Lipinski definition) is 0. The zero-order chi connectivity index (χ0) is 35.4. The zero-order valence-electron chi connectivity index (χ0n) is 34.6. The molecule has 0 aliphatic rings. The molecule has 0 N–H and O–H groups in total. The molecular weight excluding hydrogens is 336 g/mol. The first-order chi connectivity index (χ1) is 18.4. The Hall–Kier alpha value is -0.960. The quantitative estimate of drug-likeness (QED) is 0.248. The van der Waals surface area contributed by atoms with E-state index in [1.54, 1.807) is 0 Å². The molecule has 0 unspecified atom stereocenters. The smallest absolute Gasteiger partial charge is 0.0627 e. The molecule has 0 aromatic carbocycles. The Labute approximate surface area is 272 Å². The lowest BCUT2D eigenvalue weighted by molar-refractivity contribution is 2.50. The Morgan fingerprint density at radius 1 is 0.464 bits per heavy atom. The first kappa shape index (κ1) is 34.5. The molecule has 0 atom stereocenters. The molecule has 0 rings (SSSR count). The molecule has 0 radical (unpaired) electrons. The largest absolute Gasteiger partial charge is 0.137 e. The fourth-order valence-electron chi connectivity index (χ4n) is 0. The van der Waals surface area contributed by atoms with Crippen LogP contribution in [-0.4, -0.2) is 0 Å². The van der Waals surface area contributed by atoms with Crippen LogP contribution in [0.5, 0.6) is 0 Å². The van der Waals surface area contributed by atoms with Gasteiger partial charge < -0.3 is 0 Å². The maximum Gasteiger partial charge on any atom is 0.0627 e. The maximum absolute atomic E-state index is 6.30. The van der Waals surface area contributed by atoms with Crippen LogP contribution in [0.2, 0.25) is 0 Å². The Kier molecular flexibility index (Phi) is 18600. The highest BCUT2D eigenvalue weighted by Gasteiger charge is 0.908. The Bertz CT molecular complexity index is 277. The molecule has 0 nitrogen and oxygen atoms in total. The Morgan fingerprint density at radius 2 is 0.571 bits per heavy atom. The van der Waals surface area contributed by atoms with Crippen molar-refractivity contribution in [2.45, 2.75) is 163 Å². The van der Waals surface area contributed by atoms with Crippen molar-refractivity contribution in [1.29, 1.82) is 0 Å². The summed E-state index contributed by atoms with van der Waals surface area (Å²) in [6.07, 6.45) is 0. The van der Waals surface area contributed by atoms with Crippen LogP contribution in [0.25, 0.3) is 0 Å². The lowest BCUT2D eigenvalue weighted by atomic mass is 11.0. The van der Waals surface area contributed by atoms with Gasteiger partial charge in [-0.1, -0.05) is 189 Å². The van der Waals surface area contributed by atoms with Crippen LogP contribution in [0.1, 0.15) is 232 Å². The summed E-state index contributed by atoms with van der Waals surface area (Å²) in [5.74, 6) is 0. The van der Waals surface area contributed by atoms with E-state index in [-0.39, 0.29) is 177 Å². The second kappa shape index (κ2) is 15100. The molecule has 0 aliphatic carbocycles. The summed E-state index contributed by atoms with van der Waals surface area (Å²) >= 11 is 0. The zero-order valence-corrected chi connectivity index (χ0v) is 6.57. The molecule has 0 saturated heterocycles. The van der Waals surface area contributed by atoms with Gasteiger partial charge in [0.1, 0.15) is 0 Å². The number of hydrogen-bond donors (Lipinski definition) is 0. The van der Waals surface area contributed by atoms with Crippen LogP contribution in [-0.2, 0) is 0 Å². The Balaban J connectivity index is -0.00000000160. The van der Waals surface area contributed by atoms with Gasteiger partial charge in [-0.15, -0.1) is 11.5 Å². The maximum atomic E-state index is 6.30. The summed E-state index contributed by atoms with van der Waals surface area (Å²) in [6, 6.07) is 0. The van der Waals surface area contributed by atoms with Crippen molar-refractivity contribution in [3.8, 4) is 0 Å². The second-order valence-corrected chi connectivity index (χ2v) is 0.289. The summed E-state index contributed by atoms with van der Waals surface area (Å²) in [5, 5.41) is 0. The van der Waals surface area contributed by atoms with Gasteiger partial charge in [0.2, 0.25) is 0 Å². The van der Waals surface area contributed by atoms with Crippen LogP contribution in [0.15, 0.2) is 37.6 Å². The molecule has 0 heterocycles. The third kappa shape index (κ3) is 15700. The first-order valence-electron chi connectivity index (χ1n) is 17.1. The van der Waals surface area contributed by atoms with Gasteiger partial charge in [-0.25, -0.2) is 0 Å². The average molecular weight is 586 g/mol. The van der Waals surface area contributed by atoms with E-state index in [4.69, 9.17) is 40.2 Å². The van der Waals surface area contributed by atoms with Gasteiger partial charge in [0, 0.05) is 60.5 Å². The summed E-state index contributed by atoms with van der Waals surface area (Å²) in [4.78, 5) is 0. The van der Waals surface area contributed by atoms with Crippen LogP contribution in [0.4, 0.5) is 0 Å². The molecule has 0 amide bonds. The predicted octanol–water partition coefficient (Wildman–Crippen LogP) is 22.8. The highest BCUT2D eigenvalue weighted by atomic mass is 13.0. The van der Waals surface area contributed by atoms with E-state index < -0.39 is 13.1 Å².